The summed E-state index contributed by atoms with van der Waals surface area (Å²) in [7, 11) is 0. The highest BCUT2D eigenvalue weighted by Crippen LogP contribution is 2.12. The van der Waals surface area contributed by atoms with Crippen molar-refractivity contribution >= 4 is 11.5 Å². The molecule has 0 amide bonds. The third kappa shape index (κ3) is 3.18. The van der Waals surface area contributed by atoms with Crippen molar-refractivity contribution in [1.29, 1.82) is 0 Å². The predicted molar refractivity (Wildman–Crippen MR) is 83.2 cm³/mol. The molecular weight excluding hydrogens is 262 g/mol. The first-order chi connectivity index (χ1) is 10.4. The fraction of sp³-hybridized carbons (Fsp3) is 0.312. The first kappa shape index (κ1) is 13.5. The van der Waals surface area contributed by atoms with Crippen LogP contribution in [0.1, 0.15) is 31.2 Å². The molecule has 0 radical (unpaired) electrons. The maximum Gasteiger partial charge on any atom is 0.153 e. The number of aryl methyl sites for hydroxylation is 1. The first-order valence-corrected chi connectivity index (χ1v) is 7.34. The molecule has 0 fully saturated rings. The van der Waals surface area contributed by atoms with E-state index in [0.717, 1.165) is 35.7 Å². The van der Waals surface area contributed by atoms with Gasteiger partial charge in [-0.25, -0.2) is 9.50 Å². The number of hydrogen-bond acceptors (Lipinski definition) is 4. The lowest BCUT2D eigenvalue weighted by molar-refractivity contribution is 0.745. The van der Waals surface area contributed by atoms with Crippen molar-refractivity contribution in [3.8, 4) is 0 Å². The minimum absolute atomic E-state index is 0.665. The predicted octanol–water partition coefficient (Wildman–Crippen LogP) is 3.08. The zero-order valence-electron chi connectivity index (χ0n) is 12.2. The van der Waals surface area contributed by atoms with Gasteiger partial charge in [-0.15, -0.1) is 5.10 Å². The van der Waals surface area contributed by atoms with Crippen molar-refractivity contribution in [2.75, 3.05) is 5.32 Å². The van der Waals surface area contributed by atoms with E-state index >= 15 is 0 Å². The van der Waals surface area contributed by atoms with Crippen LogP contribution in [-0.4, -0.2) is 19.6 Å². The molecule has 5 heteroatoms. The van der Waals surface area contributed by atoms with Crippen molar-refractivity contribution in [3.05, 3.63) is 54.1 Å². The van der Waals surface area contributed by atoms with Crippen LogP contribution in [0.5, 0.6) is 0 Å². The number of aromatic nitrogens is 4. The highest BCUT2D eigenvalue weighted by atomic mass is 15.3. The minimum Gasteiger partial charge on any atom is -0.363 e. The third-order valence-corrected chi connectivity index (χ3v) is 3.40. The number of anilines is 1. The summed E-state index contributed by atoms with van der Waals surface area (Å²) in [5.41, 5.74) is 3.05. The Bertz CT molecular complexity index is 705. The molecule has 5 nitrogen and oxygen atoms in total. The molecule has 3 rings (SSSR count). The minimum atomic E-state index is 0.665. The number of unbranched alkanes of at least 4 members (excludes halogenated alkanes) is 1. The van der Waals surface area contributed by atoms with E-state index in [-0.39, 0.29) is 0 Å². The lowest BCUT2D eigenvalue weighted by Gasteiger charge is -2.06. The van der Waals surface area contributed by atoms with Gasteiger partial charge in [0.1, 0.15) is 5.82 Å². The van der Waals surface area contributed by atoms with Crippen LogP contribution in [-0.2, 0) is 13.0 Å². The van der Waals surface area contributed by atoms with E-state index in [2.05, 4.69) is 27.3 Å². The summed E-state index contributed by atoms with van der Waals surface area (Å²) in [6, 6.07) is 9.84. The van der Waals surface area contributed by atoms with Crippen LogP contribution in [0.4, 0.5) is 5.82 Å². The molecule has 0 atom stereocenters. The molecule has 0 aromatic carbocycles. The molecule has 0 spiro atoms. The molecule has 21 heavy (non-hydrogen) atoms. The zero-order valence-corrected chi connectivity index (χ0v) is 12.2. The average molecular weight is 281 g/mol. The van der Waals surface area contributed by atoms with Gasteiger partial charge < -0.3 is 5.32 Å². The van der Waals surface area contributed by atoms with E-state index in [1.807, 2.05) is 41.0 Å². The van der Waals surface area contributed by atoms with Gasteiger partial charge in [0.05, 0.1) is 24.1 Å². The summed E-state index contributed by atoms with van der Waals surface area (Å²) in [6.45, 7) is 2.86. The average Bonchev–Trinajstić information content (AvgIpc) is 2.94. The van der Waals surface area contributed by atoms with E-state index in [0.29, 0.717) is 6.54 Å². The van der Waals surface area contributed by atoms with Crippen molar-refractivity contribution in [2.45, 2.75) is 32.7 Å². The largest absolute Gasteiger partial charge is 0.363 e. The highest BCUT2D eigenvalue weighted by Gasteiger charge is 2.05. The summed E-state index contributed by atoms with van der Waals surface area (Å²) in [5.74, 6) is 0.837. The first-order valence-electron chi connectivity index (χ1n) is 7.34. The van der Waals surface area contributed by atoms with Crippen LogP contribution in [0.3, 0.4) is 0 Å². The lowest BCUT2D eigenvalue weighted by Crippen LogP contribution is -2.06. The molecule has 0 saturated heterocycles. The Labute approximate surface area is 124 Å². The van der Waals surface area contributed by atoms with Crippen molar-refractivity contribution in [2.24, 2.45) is 0 Å². The van der Waals surface area contributed by atoms with Crippen molar-refractivity contribution in [1.82, 2.24) is 19.6 Å². The van der Waals surface area contributed by atoms with Gasteiger partial charge in [-0.3, -0.25) is 4.98 Å². The number of imidazole rings is 1. The summed E-state index contributed by atoms with van der Waals surface area (Å²) < 4.78 is 1.93. The molecule has 0 aliphatic carbocycles. The quantitative estimate of drug-likeness (QED) is 0.754. The summed E-state index contributed by atoms with van der Waals surface area (Å²) in [6.07, 6.45) is 7.05. The summed E-state index contributed by atoms with van der Waals surface area (Å²) >= 11 is 0. The van der Waals surface area contributed by atoms with E-state index in [1.54, 1.807) is 6.20 Å². The number of hydrogen-bond donors (Lipinski definition) is 1. The molecule has 0 unspecified atom stereocenters. The van der Waals surface area contributed by atoms with Gasteiger partial charge >= 0.3 is 0 Å². The van der Waals surface area contributed by atoms with Gasteiger partial charge in [0.15, 0.2) is 5.65 Å². The summed E-state index contributed by atoms with van der Waals surface area (Å²) in [4.78, 5) is 8.69. The highest BCUT2D eigenvalue weighted by molar-refractivity contribution is 5.45. The topological polar surface area (TPSA) is 55.1 Å². The van der Waals surface area contributed by atoms with E-state index < -0.39 is 0 Å². The van der Waals surface area contributed by atoms with Crippen LogP contribution in [0.2, 0.25) is 0 Å². The van der Waals surface area contributed by atoms with Crippen LogP contribution < -0.4 is 5.32 Å². The molecule has 0 saturated carbocycles. The van der Waals surface area contributed by atoms with Crippen LogP contribution in [0.25, 0.3) is 5.65 Å². The maximum atomic E-state index is 4.62. The van der Waals surface area contributed by atoms with E-state index in [4.69, 9.17) is 0 Å². The molecule has 0 bridgehead atoms. The molecule has 3 heterocycles. The van der Waals surface area contributed by atoms with E-state index in [9.17, 15) is 0 Å². The molecule has 108 valence electrons. The molecule has 0 aliphatic rings. The van der Waals surface area contributed by atoms with Gasteiger partial charge in [-0.2, -0.15) is 0 Å². The fourth-order valence-corrected chi connectivity index (χ4v) is 2.23. The number of nitrogens with one attached hydrogen (secondary N) is 1. The molecule has 3 aromatic heterocycles. The Balaban J connectivity index is 1.76. The van der Waals surface area contributed by atoms with Crippen LogP contribution in [0.15, 0.2) is 42.7 Å². The summed E-state index contributed by atoms with van der Waals surface area (Å²) in [5, 5.41) is 7.92. The molecule has 1 N–H and O–H groups in total. The number of fused-ring (bicyclic) bond motifs is 1. The van der Waals surface area contributed by atoms with Crippen LogP contribution in [0, 0.1) is 0 Å². The lowest BCUT2D eigenvalue weighted by atomic mass is 10.2. The molecular formula is C16H19N5. The zero-order chi connectivity index (χ0) is 14.5. The number of nitrogens with zero attached hydrogens (tertiary/aromatic N) is 4. The Morgan fingerprint density at radius 3 is 2.90 bits per heavy atom. The van der Waals surface area contributed by atoms with E-state index in [1.165, 1.54) is 6.42 Å². The maximum absolute atomic E-state index is 4.62. The van der Waals surface area contributed by atoms with Crippen LogP contribution >= 0.6 is 0 Å². The smallest absolute Gasteiger partial charge is 0.153 e. The monoisotopic (exact) mass is 281 g/mol. The van der Waals surface area contributed by atoms with Crippen molar-refractivity contribution in [3.63, 3.8) is 0 Å². The number of rotatable bonds is 6. The SMILES string of the molecule is CCCCc1cnc2ccc(NCc3ccccn3)nn12. The van der Waals surface area contributed by atoms with Crippen molar-refractivity contribution < 1.29 is 0 Å². The second kappa shape index (κ2) is 6.35. The van der Waals surface area contributed by atoms with Gasteiger partial charge in [-0.05, 0) is 37.1 Å². The second-order valence-electron chi connectivity index (χ2n) is 5.02. The molecule has 3 aromatic rings. The Kier molecular flexibility index (Phi) is 4.09. The third-order valence-electron chi connectivity index (χ3n) is 3.40. The Morgan fingerprint density at radius 2 is 2.10 bits per heavy atom. The van der Waals surface area contributed by atoms with Gasteiger partial charge in [0.25, 0.3) is 0 Å². The van der Waals surface area contributed by atoms with Gasteiger partial charge in [0.2, 0.25) is 0 Å². The van der Waals surface area contributed by atoms with Gasteiger partial charge in [0, 0.05) is 6.20 Å². The fourth-order valence-electron chi connectivity index (χ4n) is 2.23. The second-order valence-corrected chi connectivity index (χ2v) is 5.02. The Hall–Kier alpha value is -2.43. The number of pyridine rings is 1. The normalized spacial score (nSPS) is 10.9. The van der Waals surface area contributed by atoms with Gasteiger partial charge in [-0.1, -0.05) is 19.4 Å². The Morgan fingerprint density at radius 1 is 1.14 bits per heavy atom. The molecule has 0 aliphatic heterocycles. The standard InChI is InChI=1S/C16H19N5/c1-2-3-7-14-12-19-16-9-8-15(20-21(14)16)18-11-13-6-4-5-10-17-13/h4-6,8-10,12H,2-3,7,11H2,1H3,(H,18,20).